The molecule has 2 N–H and O–H groups in total. The summed E-state index contributed by atoms with van der Waals surface area (Å²) in [5.41, 5.74) is 5.64. The van der Waals surface area contributed by atoms with E-state index in [0.29, 0.717) is 23.2 Å². The third-order valence-electron chi connectivity index (χ3n) is 1.97. The van der Waals surface area contributed by atoms with Crippen LogP contribution >= 0.6 is 28.2 Å². The molecule has 0 fully saturated rings. The summed E-state index contributed by atoms with van der Waals surface area (Å²) in [4.78, 5) is 0. The SMILES string of the molecule is CC(C)(C)P(CCN)C(C)(C)C.[Cl][Co][Cl]. The molecule has 0 aliphatic carbocycles. The Morgan fingerprint density at radius 1 is 1.00 bits per heavy atom. The molecule has 0 aromatic heterocycles. The molecule has 0 saturated carbocycles. The minimum atomic E-state index is 0.0322. The normalized spacial score (nSPS) is 12.7. The molecule has 0 aliphatic heterocycles. The molecule has 0 heterocycles. The molecule has 0 rings (SSSR count). The van der Waals surface area contributed by atoms with Crippen LogP contribution in [-0.4, -0.2) is 23.0 Å². The first kappa shape index (κ1) is 18.8. The third-order valence-corrected chi connectivity index (χ3v) is 5.92. The van der Waals surface area contributed by atoms with Gasteiger partial charge < -0.3 is 5.73 Å². The zero-order chi connectivity index (χ0) is 12.7. The predicted molar refractivity (Wildman–Crippen MR) is 72.1 cm³/mol. The number of hydrogen-bond donors (Lipinski definition) is 1. The van der Waals surface area contributed by atoms with Crippen LogP contribution in [0.2, 0.25) is 0 Å². The Hall–Kier alpha value is 1.48. The number of nitrogens with two attached hydrogens (primary N) is 1. The van der Waals surface area contributed by atoms with Crippen molar-refractivity contribution >= 4 is 28.2 Å². The quantitative estimate of drug-likeness (QED) is 0.750. The second-order valence-electron chi connectivity index (χ2n) is 5.33. The summed E-state index contributed by atoms with van der Waals surface area (Å²) in [5.74, 6) is 0. The maximum atomic E-state index is 5.64. The molecule has 15 heavy (non-hydrogen) atoms. The van der Waals surface area contributed by atoms with Crippen molar-refractivity contribution in [3.05, 3.63) is 0 Å². The van der Waals surface area contributed by atoms with Crippen LogP contribution < -0.4 is 5.73 Å². The van der Waals surface area contributed by atoms with Crippen LogP contribution in [-0.2, 0) is 12.9 Å². The molecule has 0 atom stereocenters. The summed E-state index contributed by atoms with van der Waals surface area (Å²) < 4.78 is 0. The van der Waals surface area contributed by atoms with Crippen LogP contribution in [0.3, 0.4) is 0 Å². The fourth-order valence-electron chi connectivity index (χ4n) is 1.81. The molecule has 5 heteroatoms. The van der Waals surface area contributed by atoms with Gasteiger partial charge in [-0.2, -0.15) is 0 Å². The van der Waals surface area contributed by atoms with Gasteiger partial charge in [0, 0.05) is 0 Å². The van der Waals surface area contributed by atoms with Crippen molar-refractivity contribution in [2.24, 2.45) is 5.73 Å². The Kier molecular flexibility index (Phi) is 10.7. The molecule has 0 saturated heterocycles. The van der Waals surface area contributed by atoms with Gasteiger partial charge in [-0.25, -0.2) is 0 Å². The summed E-state index contributed by atoms with van der Waals surface area (Å²) in [7, 11) is 9.50. The second-order valence-corrected chi connectivity index (χ2v) is 11.0. The summed E-state index contributed by atoms with van der Waals surface area (Å²) in [6.07, 6.45) is 1.20. The van der Waals surface area contributed by atoms with Crippen molar-refractivity contribution in [1.82, 2.24) is 0 Å². The van der Waals surface area contributed by atoms with Crippen molar-refractivity contribution in [3.8, 4) is 0 Å². The van der Waals surface area contributed by atoms with Crippen LogP contribution in [0.15, 0.2) is 0 Å². The zero-order valence-electron chi connectivity index (χ0n) is 10.5. The molecule has 0 spiro atoms. The van der Waals surface area contributed by atoms with Gasteiger partial charge in [0.15, 0.2) is 0 Å². The molecule has 1 nitrogen and oxygen atoms in total. The first-order valence-corrected chi connectivity index (χ1v) is 9.32. The summed E-state index contributed by atoms with van der Waals surface area (Å²) in [6.45, 7) is 14.8. The minimum absolute atomic E-state index is 0.0322. The monoisotopic (exact) mass is 318 g/mol. The van der Waals surface area contributed by atoms with E-state index in [0.717, 1.165) is 6.54 Å². The fourth-order valence-corrected chi connectivity index (χ4v) is 5.42. The van der Waals surface area contributed by atoms with E-state index in [-0.39, 0.29) is 7.92 Å². The van der Waals surface area contributed by atoms with Gasteiger partial charge in [0.25, 0.3) is 0 Å². The van der Waals surface area contributed by atoms with Gasteiger partial charge in [0.2, 0.25) is 0 Å². The van der Waals surface area contributed by atoms with E-state index in [9.17, 15) is 0 Å². The van der Waals surface area contributed by atoms with E-state index in [1.165, 1.54) is 6.16 Å². The van der Waals surface area contributed by atoms with E-state index in [1.54, 1.807) is 0 Å². The van der Waals surface area contributed by atoms with E-state index >= 15 is 0 Å². The van der Waals surface area contributed by atoms with Crippen LogP contribution in [0.25, 0.3) is 0 Å². The van der Waals surface area contributed by atoms with Crippen LogP contribution in [0.4, 0.5) is 0 Å². The van der Waals surface area contributed by atoms with Gasteiger partial charge in [-0.05, 0) is 23.0 Å². The molecule has 0 aliphatic rings. The Labute approximate surface area is 111 Å². The van der Waals surface area contributed by atoms with E-state index in [4.69, 9.17) is 26.0 Å². The average Bonchev–Trinajstić information content (AvgIpc) is 1.97. The molecule has 0 unspecified atom stereocenters. The first-order valence-electron chi connectivity index (χ1n) is 4.92. The van der Waals surface area contributed by atoms with Crippen molar-refractivity contribution in [3.63, 3.8) is 0 Å². The van der Waals surface area contributed by atoms with Crippen molar-refractivity contribution < 1.29 is 12.9 Å². The molecule has 0 amide bonds. The van der Waals surface area contributed by atoms with E-state index < -0.39 is 0 Å². The molecular formula is C10H24Cl2CoNP. The van der Waals surface area contributed by atoms with Crippen LogP contribution in [0.1, 0.15) is 41.5 Å². The van der Waals surface area contributed by atoms with Crippen molar-refractivity contribution in [2.45, 2.75) is 51.9 Å². The summed E-state index contributed by atoms with van der Waals surface area (Å²) >= 11 is 0.382. The zero-order valence-corrected chi connectivity index (χ0v) is 14.0. The molecule has 0 aromatic rings. The van der Waals surface area contributed by atoms with Crippen molar-refractivity contribution in [1.29, 1.82) is 0 Å². The Balaban J connectivity index is 0. The molecule has 97 valence electrons. The number of rotatable bonds is 2. The standard InChI is InChI=1S/C10H24NP.2ClH.Co/c1-9(2,3)12(8-7-11)10(4,5)6;;;/h7-8,11H2,1-6H3;2*1H;/q;;;+2/p-2. The van der Waals surface area contributed by atoms with Gasteiger partial charge in [-0.1, -0.05) is 49.5 Å². The second kappa shape index (κ2) is 8.55. The predicted octanol–water partition coefficient (Wildman–Crippen LogP) is 4.40. The van der Waals surface area contributed by atoms with E-state index in [1.807, 2.05) is 0 Å². The van der Waals surface area contributed by atoms with Crippen LogP contribution in [0.5, 0.6) is 0 Å². The number of halogens is 2. The number of hydrogen-bond acceptors (Lipinski definition) is 1. The Morgan fingerprint density at radius 3 is 1.33 bits per heavy atom. The van der Waals surface area contributed by atoms with Gasteiger partial charge in [0.1, 0.15) is 0 Å². The Morgan fingerprint density at radius 2 is 1.27 bits per heavy atom. The van der Waals surface area contributed by atoms with Gasteiger partial charge in [-0.15, -0.1) is 0 Å². The topological polar surface area (TPSA) is 26.0 Å². The molecule has 0 bridgehead atoms. The van der Waals surface area contributed by atoms with Crippen molar-refractivity contribution in [2.75, 3.05) is 12.7 Å². The third kappa shape index (κ3) is 10.4. The molecule has 0 aromatic carbocycles. The Bertz CT molecular complexity index is 140. The fraction of sp³-hybridized carbons (Fsp3) is 1.00. The molecular weight excluding hydrogens is 295 g/mol. The van der Waals surface area contributed by atoms with Gasteiger partial charge >= 0.3 is 33.2 Å². The molecule has 0 radical (unpaired) electrons. The van der Waals surface area contributed by atoms with Crippen LogP contribution in [0, 0.1) is 0 Å². The first-order chi connectivity index (χ1) is 6.61. The van der Waals surface area contributed by atoms with Gasteiger partial charge in [-0.3, -0.25) is 0 Å². The average molecular weight is 319 g/mol. The summed E-state index contributed by atoms with van der Waals surface area (Å²) in [6, 6.07) is 0. The van der Waals surface area contributed by atoms with Gasteiger partial charge in [0.05, 0.1) is 0 Å². The maximum absolute atomic E-state index is 5.64. The van der Waals surface area contributed by atoms with E-state index in [2.05, 4.69) is 41.5 Å². The summed E-state index contributed by atoms with van der Waals surface area (Å²) in [5, 5.41) is 0.875.